The average molecular weight is 362 g/mol. The molecule has 3 rings (SSSR count). The van der Waals surface area contributed by atoms with Gasteiger partial charge in [-0.15, -0.1) is 11.3 Å². The van der Waals surface area contributed by atoms with Gasteiger partial charge in [0.05, 0.1) is 27.2 Å². The van der Waals surface area contributed by atoms with E-state index in [0.717, 1.165) is 4.88 Å². The molecule has 0 bridgehead atoms. The number of carboxylic acid groups (broad SMARTS) is 1. The van der Waals surface area contributed by atoms with Crippen LogP contribution < -0.4 is 0 Å². The monoisotopic (exact) mass is 360 g/mol. The molecule has 2 aromatic heterocycles. The van der Waals surface area contributed by atoms with E-state index in [-0.39, 0.29) is 6.42 Å². The number of halogens is 3. The maximum Gasteiger partial charge on any atom is 0.308 e. The van der Waals surface area contributed by atoms with Crippen LogP contribution in [0, 0.1) is 0 Å². The number of rotatable bonds is 3. The van der Waals surface area contributed by atoms with Crippen LogP contribution in [-0.4, -0.2) is 20.5 Å². The fourth-order valence-corrected chi connectivity index (χ4v) is 3.51. The Hall–Kier alpha value is -1.27. The first kappa shape index (κ1) is 14.7. The van der Waals surface area contributed by atoms with E-state index >= 15 is 0 Å². The second kappa shape index (κ2) is 5.50. The number of hydrogen-bond acceptors (Lipinski definition) is 3. The largest absolute Gasteiger partial charge is 0.481 e. The minimum absolute atomic E-state index is 0.0170. The zero-order valence-electron chi connectivity index (χ0n) is 10.3. The highest BCUT2D eigenvalue weighted by atomic mass is 35.5. The summed E-state index contributed by atoms with van der Waals surface area (Å²) >= 11 is 19.4. The summed E-state index contributed by atoms with van der Waals surface area (Å²) in [4.78, 5) is 16.6. The highest BCUT2D eigenvalue weighted by Gasteiger charge is 2.15. The van der Waals surface area contributed by atoms with Crippen LogP contribution in [0.4, 0.5) is 0 Å². The molecule has 0 aliphatic heterocycles. The van der Waals surface area contributed by atoms with Gasteiger partial charge in [0, 0.05) is 22.8 Å². The molecule has 0 fully saturated rings. The third kappa shape index (κ3) is 2.74. The molecular weight excluding hydrogens is 355 g/mol. The van der Waals surface area contributed by atoms with Gasteiger partial charge >= 0.3 is 5.97 Å². The Morgan fingerprint density at radius 1 is 1.24 bits per heavy atom. The highest BCUT2D eigenvalue weighted by molar-refractivity contribution is 7.17. The molecule has 0 saturated heterocycles. The molecule has 0 saturated carbocycles. The van der Waals surface area contributed by atoms with E-state index in [1.807, 2.05) is 0 Å². The van der Waals surface area contributed by atoms with E-state index in [2.05, 4.69) is 4.98 Å². The fraction of sp³-hybridized carbons (Fsp3) is 0.0769. The van der Waals surface area contributed by atoms with Crippen LogP contribution in [0.1, 0.15) is 4.88 Å². The number of carbonyl (C=O) groups is 1. The average Bonchev–Trinajstić information content (AvgIpc) is 2.93. The van der Waals surface area contributed by atoms with Crippen LogP contribution in [0.25, 0.3) is 16.2 Å². The summed E-state index contributed by atoms with van der Waals surface area (Å²) in [6.45, 7) is 0. The molecule has 3 aromatic rings. The van der Waals surface area contributed by atoms with Crippen LogP contribution in [0.2, 0.25) is 15.1 Å². The van der Waals surface area contributed by atoms with Crippen molar-refractivity contribution in [3.8, 4) is 11.3 Å². The zero-order chi connectivity index (χ0) is 15.1. The molecule has 0 unspecified atom stereocenters. The van der Waals surface area contributed by atoms with Gasteiger partial charge in [0.1, 0.15) is 0 Å². The third-order valence-corrected chi connectivity index (χ3v) is 5.13. The van der Waals surface area contributed by atoms with E-state index in [1.54, 1.807) is 28.9 Å². The first-order valence-corrected chi connectivity index (χ1v) is 7.74. The van der Waals surface area contributed by atoms with Gasteiger partial charge in [0.25, 0.3) is 0 Å². The van der Waals surface area contributed by atoms with Crippen LogP contribution in [0.5, 0.6) is 0 Å². The SMILES string of the molecule is O=C(O)Cc1cn2cc(-c3ccc(Cl)c(Cl)c3Cl)nc2s1. The Balaban J connectivity index is 2.04. The van der Waals surface area contributed by atoms with Crippen LogP contribution in [0.3, 0.4) is 0 Å². The minimum Gasteiger partial charge on any atom is -0.481 e. The van der Waals surface area contributed by atoms with E-state index in [1.165, 1.54) is 11.3 Å². The van der Waals surface area contributed by atoms with Crippen molar-refractivity contribution in [1.29, 1.82) is 0 Å². The van der Waals surface area contributed by atoms with Gasteiger partial charge in [-0.3, -0.25) is 9.20 Å². The number of imidazole rings is 1. The molecule has 2 heterocycles. The topological polar surface area (TPSA) is 54.6 Å². The van der Waals surface area contributed by atoms with Gasteiger partial charge in [-0.2, -0.15) is 0 Å². The number of aromatic nitrogens is 2. The Morgan fingerprint density at radius 3 is 2.67 bits per heavy atom. The fourth-order valence-electron chi connectivity index (χ4n) is 1.93. The second-order valence-corrected chi connectivity index (χ2v) is 6.56. The Morgan fingerprint density at radius 2 is 2.00 bits per heavy atom. The molecule has 0 amide bonds. The summed E-state index contributed by atoms with van der Waals surface area (Å²) in [5.74, 6) is -0.868. The predicted octanol–water partition coefficient (Wildman–Crippen LogP) is 4.65. The van der Waals surface area contributed by atoms with Crippen LogP contribution in [-0.2, 0) is 11.2 Å². The van der Waals surface area contributed by atoms with E-state index in [0.29, 0.717) is 31.3 Å². The molecule has 108 valence electrons. The molecule has 0 aliphatic carbocycles. The molecular formula is C13H7Cl3N2O2S. The van der Waals surface area contributed by atoms with Crippen molar-refractivity contribution in [3.05, 3.63) is 44.5 Å². The lowest BCUT2D eigenvalue weighted by Gasteiger charge is -2.04. The van der Waals surface area contributed by atoms with Gasteiger partial charge in [-0.1, -0.05) is 34.8 Å². The summed E-state index contributed by atoms with van der Waals surface area (Å²) in [7, 11) is 0. The Bertz CT molecular complexity index is 825. The molecule has 0 radical (unpaired) electrons. The van der Waals surface area contributed by atoms with Crippen molar-refractivity contribution in [2.75, 3.05) is 0 Å². The minimum atomic E-state index is -0.868. The summed E-state index contributed by atoms with van der Waals surface area (Å²) in [5, 5.41) is 9.81. The quantitative estimate of drug-likeness (QED) is 0.691. The van der Waals surface area contributed by atoms with E-state index in [4.69, 9.17) is 39.9 Å². The lowest BCUT2D eigenvalue weighted by Crippen LogP contribution is -1.97. The first-order chi connectivity index (χ1) is 9.95. The molecule has 0 spiro atoms. The molecule has 1 aromatic carbocycles. The summed E-state index contributed by atoms with van der Waals surface area (Å²) in [5.41, 5.74) is 1.34. The van der Waals surface area contributed by atoms with Gasteiger partial charge in [-0.25, -0.2) is 4.98 Å². The Kier molecular flexibility index (Phi) is 3.84. The number of benzene rings is 1. The molecule has 21 heavy (non-hydrogen) atoms. The van der Waals surface area contributed by atoms with Crippen molar-refractivity contribution in [2.45, 2.75) is 6.42 Å². The summed E-state index contributed by atoms with van der Waals surface area (Å²) < 4.78 is 1.77. The molecule has 8 heteroatoms. The predicted molar refractivity (Wildman–Crippen MR) is 84.9 cm³/mol. The summed E-state index contributed by atoms with van der Waals surface area (Å²) in [6.07, 6.45) is 3.51. The van der Waals surface area contributed by atoms with Gasteiger partial charge < -0.3 is 5.11 Å². The number of fused-ring (bicyclic) bond motifs is 1. The number of carboxylic acids is 1. The summed E-state index contributed by atoms with van der Waals surface area (Å²) in [6, 6.07) is 3.41. The second-order valence-electron chi connectivity index (χ2n) is 4.31. The molecule has 1 N–H and O–H groups in total. The number of thiazole rings is 1. The van der Waals surface area contributed by atoms with Gasteiger partial charge in [-0.05, 0) is 12.1 Å². The molecule has 4 nitrogen and oxygen atoms in total. The zero-order valence-corrected chi connectivity index (χ0v) is 13.4. The smallest absolute Gasteiger partial charge is 0.308 e. The van der Waals surface area contributed by atoms with Crippen molar-refractivity contribution in [1.82, 2.24) is 9.38 Å². The molecule has 0 atom stereocenters. The van der Waals surface area contributed by atoms with E-state index < -0.39 is 5.97 Å². The normalized spacial score (nSPS) is 11.2. The van der Waals surface area contributed by atoms with Gasteiger partial charge in [0.15, 0.2) is 4.96 Å². The third-order valence-electron chi connectivity index (χ3n) is 2.84. The number of hydrogen-bond donors (Lipinski definition) is 1. The van der Waals surface area contributed by atoms with Crippen molar-refractivity contribution in [3.63, 3.8) is 0 Å². The standard InChI is InChI=1S/C13H7Cl3N2O2S/c14-8-2-1-7(11(15)12(8)16)9-5-18-4-6(3-10(19)20)21-13(18)17-9/h1-2,4-5H,3H2,(H,19,20). The maximum atomic E-state index is 10.7. The van der Waals surface area contributed by atoms with Gasteiger partial charge in [0.2, 0.25) is 0 Å². The van der Waals surface area contributed by atoms with Crippen LogP contribution in [0.15, 0.2) is 24.5 Å². The van der Waals surface area contributed by atoms with Crippen molar-refractivity contribution < 1.29 is 9.90 Å². The highest BCUT2D eigenvalue weighted by Crippen LogP contribution is 2.38. The Labute approximate surface area is 138 Å². The number of aliphatic carboxylic acids is 1. The van der Waals surface area contributed by atoms with Crippen molar-refractivity contribution >= 4 is 57.1 Å². The van der Waals surface area contributed by atoms with Crippen LogP contribution >= 0.6 is 46.1 Å². The first-order valence-electron chi connectivity index (χ1n) is 5.79. The lowest BCUT2D eigenvalue weighted by atomic mass is 10.2. The lowest BCUT2D eigenvalue weighted by molar-refractivity contribution is -0.136. The molecule has 0 aliphatic rings. The number of nitrogens with zero attached hydrogens (tertiary/aromatic N) is 2. The van der Waals surface area contributed by atoms with Crippen molar-refractivity contribution in [2.24, 2.45) is 0 Å². The maximum absolute atomic E-state index is 10.7. The van der Waals surface area contributed by atoms with E-state index in [9.17, 15) is 4.79 Å².